The average molecular weight is 340 g/mol. The maximum absolute atomic E-state index is 12.5. The van der Waals surface area contributed by atoms with Crippen molar-refractivity contribution in [2.75, 3.05) is 12.1 Å². The van der Waals surface area contributed by atoms with Crippen molar-refractivity contribution < 1.29 is 4.79 Å². The van der Waals surface area contributed by atoms with E-state index in [2.05, 4.69) is 21.2 Å². The van der Waals surface area contributed by atoms with E-state index in [0.717, 1.165) is 31.2 Å². The Labute approximate surface area is 126 Å². The fraction of sp³-hybridized carbons (Fsp3) is 0.571. The number of halogens is 1. The van der Waals surface area contributed by atoms with Gasteiger partial charge in [-0.3, -0.25) is 14.6 Å². The molecule has 0 unspecified atom stereocenters. The minimum atomic E-state index is -0.417. The lowest BCUT2D eigenvalue weighted by molar-refractivity contribution is 0.0772. The lowest BCUT2D eigenvalue weighted by atomic mass is 9.87. The van der Waals surface area contributed by atoms with Crippen LogP contribution < -0.4 is 15.9 Å². The standard InChI is InChI=1S/C14H18BrN3O2/c1-9-8-10(15)13(20)18-11(9)12(19)16-14(17(18)2)6-4-3-5-7-14/h8H,3-7H2,1-2H3,(H,16,19). The molecular weight excluding hydrogens is 322 g/mol. The molecule has 1 fully saturated rings. The van der Waals surface area contributed by atoms with Gasteiger partial charge in [-0.05, 0) is 60.2 Å². The monoisotopic (exact) mass is 339 g/mol. The number of carbonyl (C=O) groups excluding carboxylic acids is 1. The van der Waals surface area contributed by atoms with Crippen molar-refractivity contribution in [1.29, 1.82) is 0 Å². The number of nitrogens with one attached hydrogen (secondary N) is 1. The third-order valence-electron chi connectivity index (χ3n) is 4.49. The first-order valence-electron chi connectivity index (χ1n) is 6.95. The van der Waals surface area contributed by atoms with E-state index in [1.54, 1.807) is 6.07 Å². The molecule has 0 aromatic carbocycles. The summed E-state index contributed by atoms with van der Waals surface area (Å²) in [6, 6.07) is 1.71. The molecule has 1 aliphatic carbocycles. The maximum Gasteiger partial charge on any atom is 0.284 e. The quantitative estimate of drug-likeness (QED) is 0.785. The normalized spacial score (nSPS) is 20.8. The minimum Gasteiger partial charge on any atom is -0.327 e. The summed E-state index contributed by atoms with van der Waals surface area (Å²) in [5.41, 5.74) is 0.649. The first kappa shape index (κ1) is 13.7. The zero-order valence-corrected chi connectivity index (χ0v) is 13.3. The van der Waals surface area contributed by atoms with Gasteiger partial charge in [-0.25, -0.2) is 4.68 Å². The van der Waals surface area contributed by atoms with Gasteiger partial charge in [0.1, 0.15) is 11.4 Å². The molecule has 1 N–H and O–H groups in total. The molecule has 0 saturated heterocycles. The van der Waals surface area contributed by atoms with Gasteiger partial charge in [-0.2, -0.15) is 0 Å². The second kappa shape index (κ2) is 4.62. The summed E-state index contributed by atoms with van der Waals surface area (Å²) in [7, 11) is 1.89. The maximum atomic E-state index is 12.5. The smallest absolute Gasteiger partial charge is 0.284 e. The average Bonchev–Trinajstić information content (AvgIpc) is 2.41. The highest BCUT2D eigenvalue weighted by atomic mass is 79.9. The predicted molar refractivity (Wildman–Crippen MR) is 80.6 cm³/mol. The Kier molecular flexibility index (Phi) is 3.16. The summed E-state index contributed by atoms with van der Waals surface area (Å²) >= 11 is 3.29. The van der Waals surface area contributed by atoms with E-state index in [1.807, 2.05) is 19.0 Å². The van der Waals surface area contributed by atoms with Crippen LogP contribution in [0.1, 0.15) is 48.2 Å². The number of rotatable bonds is 0. The SMILES string of the molecule is Cc1cc(Br)c(=O)n2c1C(=O)NC1(CCCCC1)N2C. The lowest BCUT2D eigenvalue weighted by Gasteiger charge is -2.50. The van der Waals surface area contributed by atoms with Crippen LogP contribution in [-0.4, -0.2) is 23.3 Å². The van der Waals surface area contributed by atoms with E-state index < -0.39 is 5.66 Å². The molecule has 1 aliphatic heterocycles. The van der Waals surface area contributed by atoms with Gasteiger partial charge in [0, 0.05) is 7.05 Å². The molecule has 0 bridgehead atoms. The molecule has 6 heteroatoms. The molecule has 1 spiro atoms. The van der Waals surface area contributed by atoms with E-state index in [4.69, 9.17) is 0 Å². The molecule has 3 rings (SSSR count). The van der Waals surface area contributed by atoms with Gasteiger partial charge in [0.15, 0.2) is 0 Å². The number of aryl methyl sites for hydroxylation is 1. The summed E-state index contributed by atoms with van der Waals surface area (Å²) in [6.07, 6.45) is 5.09. The van der Waals surface area contributed by atoms with Crippen LogP contribution in [0.4, 0.5) is 0 Å². The third kappa shape index (κ3) is 1.81. The Morgan fingerprint density at radius 3 is 2.55 bits per heavy atom. The molecule has 0 radical (unpaired) electrons. The van der Waals surface area contributed by atoms with Crippen LogP contribution >= 0.6 is 15.9 Å². The van der Waals surface area contributed by atoms with Crippen LogP contribution in [0.2, 0.25) is 0 Å². The molecule has 1 amide bonds. The Morgan fingerprint density at radius 2 is 1.90 bits per heavy atom. The van der Waals surface area contributed by atoms with Gasteiger partial charge in [-0.15, -0.1) is 0 Å². The second-order valence-corrected chi connectivity index (χ2v) is 6.57. The highest BCUT2D eigenvalue weighted by Crippen LogP contribution is 2.33. The van der Waals surface area contributed by atoms with Gasteiger partial charge >= 0.3 is 0 Å². The van der Waals surface area contributed by atoms with Crippen LogP contribution in [-0.2, 0) is 0 Å². The number of amides is 1. The molecule has 2 aliphatic rings. The highest BCUT2D eigenvalue weighted by molar-refractivity contribution is 9.10. The second-order valence-electron chi connectivity index (χ2n) is 5.71. The van der Waals surface area contributed by atoms with Gasteiger partial charge in [0.2, 0.25) is 0 Å². The Morgan fingerprint density at radius 1 is 1.25 bits per heavy atom. The van der Waals surface area contributed by atoms with E-state index in [1.165, 1.54) is 11.1 Å². The number of fused-ring (bicyclic) bond motifs is 1. The number of carbonyl (C=O) groups is 1. The van der Waals surface area contributed by atoms with Crippen molar-refractivity contribution >= 4 is 21.8 Å². The summed E-state index contributed by atoms with van der Waals surface area (Å²) in [5, 5.41) is 5.06. The molecule has 1 saturated carbocycles. The van der Waals surface area contributed by atoms with Crippen molar-refractivity contribution in [3.63, 3.8) is 0 Å². The van der Waals surface area contributed by atoms with E-state index >= 15 is 0 Å². The zero-order chi connectivity index (χ0) is 14.5. The van der Waals surface area contributed by atoms with Crippen LogP contribution in [0.3, 0.4) is 0 Å². The lowest BCUT2D eigenvalue weighted by Crippen LogP contribution is -2.70. The van der Waals surface area contributed by atoms with Crippen LogP contribution in [0.15, 0.2) is 15.3 Å². The molecule has 20 heavy (non-hydrogen) atoms. The summed E-state index contributed by atoms with van der Waals surface area (Å²) in [4.78, 5) is 24.9. The highest BCUT2D eigenvalue weighted by Gasteiger charge is 2.44. The van der Waals surface area contributed by atoms with Gasteiger partial charge in [0.05, 0.1) is 4.47 Å². The third-order valence-corrected chi connectivity index (χ3v) is 5.05. The molecule has 108 valence electrons. The first-order chi connectivity index (χ1) is 9.46. The molecule has 0 atom stereocenters. The Balaban J connectivity index is 2.21. The van der Waals surface area contributed by atoms with E-state index in [-0.39, 0.29) is 11.5 Å². The van der Waals surface area contributed by atoms with Crippen molar-refractivity contribution in [2.45, 2.75) is 44.7 Å². The molecule has 5 nitrogen and oxygen atoms in total. The van der Waals surface area contributed by atoms with Crippen molar-refractivity contribution in [2.24, 2.45) is 0 Å². The van der Waals surface area contributed by atoms with Crippen LogP contribution in [0, 0.1) is 6.92 Å². The number of nitrogens with zero attached hydrogens (tertiary/aromatic N) is 2. The Hall–Kier alpha value is -1.30. The molecular formula is C14H18BrN3O2. The fourth-order valence-corrected chi connectivity index (χ4v) is 3.89. The number of hydrogen-bond donors (Lipinski definition) is 1. The zero-order valence-electron chi connectivity index (χ0n) is 11.7. The Bertz CT molecular complexity index is 632. The first-order valence-corrected chi connectivity index (χ1v) is 7.74. The van der Waals surface area contributed by atoms with Gasteiger partial charge in [-0.1, -0.05) is 6.42 Å². The van der Waals surface area contributed by atoms with E-state index in [9.17, 15) is 9.59 Å². The topological polar surface area (TPSA) is 54.3 Å². The van der Waals surface area contributed by atoms with E-state index in [0.29, 0.717) is 10.2 Å². The predicted octanol–water partition coefficient (Wildman–Crippen LogP) is 1.89. The number of hydrogen-bond acceptors (Lipinski definition) is 3. The van der Waals surface area contributed by atoms with Crippen molar-refractivity contribution in [1.82, 2.24) is 9.99 Å². The number of aromatic nitrogens is 1. The van der Waals surface area contributed by atoms with Crippen LogP contribution in [0.5, 0.6) is 0 Å². The van der Waals surface area contributed by atoms with Crippen molar-refractivity contribution in [3.05, 3.63) is 32.2 Å². The fourth-order valence-electron chi connectivity index (χ4n) is 3.38. The summed E-state index contributed by atoms with van der Waals surface area (Å²) in [6.45, 7) is 1.85. The number of pyridine rings is 1. The molecule has 2 heterocycles. The summed E-state index contributed by atoms with van der Waals surface area (Å²) < 4.78 is 2.02. The van der Waals surface area contributed by atoms with Crippen molar-refractivity contribution in [3.8, 4) is 0 Å². The van der Waals surface area contributed by atoms with Gasteiger partial charge in [0.25, 0.3) is 11.5 Å². The van der Waals surface area contributed by atoms with Gasteiger partial charge < -0.3 is 5.32 Å². The minimum absolute atomic E-state index is 0.146. The molecule has 1 aromatic rings. The largest absolute Gasteiger partial charge is 0.327 e. The van der Waals surface area contributed by atoms with Crippen LogP contribution in [0.25, 0.3) is 0 Å². The summed E-state index contributed by atoms with van der Waals surface area (Å²) in [5.74, 6) is -0.146. The molecule has 1 aromatic heterocycles.